The zero-order chi connectivity index (χ0) is 14.0. The van der Waals surface area contributed by atoms with Crippen molar-refractivity contribution in [2.75, 3.05) is 33.4 Å². The second-order valence-electron chi connectivity index (χ2n) is 5.98. The van der Waals surface area contributed by atoms with E-state index < -0.39 is 0 Å². The van der Waals surface area contributed by atoms with Crippen LogP contribution < -0.4 is 5.32 Å². The Morgan fingerprint density at radius 2 is 2.40 bits per heavy atom. The highest BCUT2D eigenvalue weighted by Crippen LogP contribution is 2.43. The van der Waals surface area contributed by atoms with E-state index in [2.05, 4.69) is 22.5 Å². The third kappa shape index (κ3) is 2.52. The monoisotopic (exact) mass is 295 g/mol. The molecular formula is C15H25N3OS. The van der Waals surface area contributed by atoms with Gasteiger partial charge in [-0.25, -0.2) is 4.98 Å². The molecule has 1 N–H and O–H groups in total. The van der Waals surface area contributed by atoms with Gasteiger partial charge in [0.25, 0.3) is 0 Å². The van der Waals surface area contributed by atoms with Crippen LogP contribution in [-0.4, -0.2) is 49.3 Å². The molecule has 3 heterocycles. The first-order valence-electron chi connectivity index (χ1n) is 7.67. The molecule has 0 amide bonds. The van der Waals surface area contributed by atoms with Gasteiger partial charge < -0.3 is 10.1 Å². The Morgan fingerprint density at radius 3 is 3.15 bits per heavy atom. The van der Waals surface area contributed by atoms with E-state index in [1.807, 2.05) is 11.3 Å². The molecule has 4 nitrogen and oxygen atoms in total. The lowest BCUT2D eigenvalue weighted by molar-refractivity contribution is 0.124. The van der Waals surface area contributed by atoms with Crippen LogP contribution in [0.3, 0.4) is 0 Å². The van der Waals surface area contributed by atoms with Crippen molar-refractivity contribution in [3.05, 3.63) is 16.1 Å². The fourth-order valence-electron chi connectivity index (χ4n) is 3.77. The number of thiazole rings is 1. The summed E-state index contributed by atoms with van der Waals surface area (Å²) in [6.45, 7) is 6.21. The van der Waals surface area contributed by atoms with Crippen LogP contribution in [0.25, 0.3) is 0 Å². The second-order valence-corrected chi connectivity index (χ2v) is 6.84. The summed E-state index contributed by atoms with van der Waals surface area (Å²) in [7, 11) is 1.77. The third-order valence-corrected chi connectivity index (χ3v) is 5.86. The molecule has 2 aliphatic rings. The number of aryl methyl sites for hydroxylation is 1. The smallest absolute Gasteiger partial charge is 0.115 e. The summed E-state index contributed by atoms with van der Waals surface area (Å²) in [4.78, 5) is 7.49. The summed E-state index contributed by atoms with van der Waals surface area (Å²) >= 11 is 1.82. The Hall–Kier alpha value is -0.490. The molecule has 1 aromatic heterocycles. The van der Waals surface area contributed by atoms with Gasteiger partial charge in [-0.2, -0.15) is 0 Å². The van der Waals surface area contributed by atoms with Crippen LogP contribution in [0.4, 0.5) is 0 Å². The number of hydrogen-bond acceptors (Lipinski definition) is 5. The summed E-state index contributed by atoms with van der Waals surface area (Å²) in [5.74, 6) is 0. The summed E-state index contributed by atoms with van der Waals surface area (Å²) in [5, 5.41) is 7.27. The molecular weight excluding hydrogens is 270 g/mol. The molecule has 0 aromatic carbocycles. The van der Waals surface area contributed by atoms with Crippen LogP contribution >= 0.6 is 11.3 Å². The SMILES string of the molecule is COCCNC1(c2nc(C)cs2)CCN2CCCCC21. The van der Waals surface area contributed by atoms with Gasteiger partial charge in [0, 0.05) is 37.3 Å². The maximum Gasteiger partial charge on any atom is 0.115 e. The number of ether oxygens (including phenoxy) is 1. The van der Waals surface area contributed by atoms with Crippen molar-refractivity contribution in [1.29, 1.82) is 0 Å². The van der Waals surface area contributed by atoms with Gasteiger partial charge in [0.2, 0.25) is 0 Å². The Kier molecular flexibility index (Phi) is 4.40. The van der Waals surface area contributed by atoms with Crippen LogP contribution in [0.5, 0.6) is 0 Å². The average molecular weight is 295 g/mol. The van der Waals surface area contributed by atoms with E-state index in [-0.39, 0.29) is 5.54 Å². The maximum absolute atomic E-state index is 5.23. The first-order chi connectivity index (χ1) is 9.76. The Balaban J connectivity index is 1.87. The van der Waals surface area contributed by atoms with Gasteiger partial charge in [-0.15, -0.1) is 11.3 Å². The first-order valence-corrected chi connectivity index (χ1v) is 8.55. The minimum Gasteiger partial charge on any atom is -0.383 e. The first kappa shape index (κ1) is 14.4. The lowest BCUT2D eigenvalue weighted by Crippen LogP contribution is -2.54. The van der Waals surface area contributed by atoms with Crippen molar-refractivity contribution in [1.82, 2.24) is 15.2 Å². The molecule has 2 fully saturated rings. The third-order valence-electron chi connectivity index (χ3n) is 4.72. The number of nitrogens with zero attached hydrogens (tertiary/aromatic N) is 2. The maximum atomic E-state index is 5.23. The van der Waals surface area contributed by atoms with Crippen LogP contribution in [0, 0.1) is 6.92 Å². The highest BCUT2D eigenvalue weighted by Gasteiger charge is 2.50. The van der Waals surface area contributed by atoms with Gasteiger partial charge in [0.15, 0.2) is 0 Å². The average Bonchev–Trinajstić information content (AvgIpc) is 3.05. The summed E-state index contributed by atoms with van der Waals surface area (Å²) in [6, 6.07) is 0.610. The van der Waals surface area contributed by atoms with Crippen LogP contribution in [0.1, 0.15) is 36.4 Å². The molecule has 0 spiro atoms. The van der Waals surface area contributed by atoms with Gasteiger partial charge >= 0.3 is 0 Å². The van der Waals surface area contributed by atoms with E-state index in [0.717, 1.165) is 18.8 Å². The fourth-order valence-corrected chi connectivity index (χ4v) is 4.82. The molecule has 0 bridgehead atoms. The topological polar surface area (TPSA) is 37.4 Å². The Bertz CT molecular complexity index is 450. The Labute approximate surface area is 125 Å². The lowest BCUT2D eigenvalue weighted by atomic mass is 9.85. The second kappa shape index (κ2) is 6.10. The highest BCUT2D eigenvalue weighted by atomic mass is 32.1. The molecule has 2 atom stereocenters. The largest absolute Gasteiger partial charge is 0.383 e. The number of nitrogens with one attached hydrogen (secondary N) is 1. The lowest BCUT2D eigenvalue weighted by Gasteiger charge is -2.40. The van der Waals surface area contributed by atoms with Gasteiger partial charge in [-0.05, 0) is 32.7 Å². The van der Waals surface area contributed by atoms with Crippen molar-refractivity contribution >= 4 is 11.3 Å². The number of aromatic nitrogens is 1. The van der Waals surface area contributed by atoms with Crippen LogP contribution in [0.15, 0.2) is 5.38 Å². The number of rotatable bonds is 5. The number of methoxy groups -OCH3 is 1. The van der Waals surface area contributed by atoms with E-state index in [1.165, 1.54) is 43.8 Å². The molecule has 0 radical (unpaired) electrons. The molecule has 3 rings (SSSR count). The molecule has 2 aliphatic heterocycles. The molecule has 2 saturated heterocycles. The van der Waals surface area contributed by atoms with Crippen molar-refractivity contribution in [3.8, 4) is 0 Å². The summed E-state index contributed by atoms with van der Waals surface area (Å²) < 4.78 is 5.23. The van der Waals surface area contributed by atoms with Gasteiger partial charge in [-0.3, -0.25) is 4.90 Å². The van der Waals surface area contributed by atoms with E-state index in [9.17, 15) is 0 Å². The predicted molar refractivity (Wildman–Crippen MR) is 82.2 cm³/mol. The molecule has 112 valence electrons. The fraction of sp³-hybridized carbons (Fsp3) is 0.800. The summed E-state index contributed by atoms with van der Waals surface area (Å²) in [5.41, 5.74) is 1.20. The van der Waals surface area contributed by atoms with E-state index in [0.29, 0.717) is 6.04 Å². The minimum atomic E-state index is 0.0534. The molecule has 20 heavy (non-hydrogen) atoms. The van der Waals surface area contributed by atoms with Gasteiger partial charge in [0.1, 0.15) is 5.01 Å². The zero-order valence-corrected chi connectivity index (χ0v) is 13.3. The number of piperidine rings is 1. The molecule has 0 saturated carbocycles. The molecule has 0 aliphatic carbocycles. The predicted octanol–water partition coefficient (Wildman–Crippen LogP) is 2.14. The highest BCUT2D eigenvalue weighted by molar-refractivity contribution is 7.09. The van der Waals surface area contributed by atoms with Crippen LogP contribution in [-0.2, 0) is 10.3 Å². The van der Waals surface area contributed by atoms with E-state index >= 15 is 0 Å². The van der Waals surface area contributed by atoms with Crippen molar-refractivity contribution in [2.45, 2.75) is 44.2 Å². The van der Waals surface area contributed by atoms with Gasteiger partial charge in [-0.1, -0.05) is 6.42 Å². The number of fused-ring (bicyclic) bond motifs is 1. The molecule has 5 heteroatoms. The standard InChI is InChI=1S/C15H25N3OS/c1-12-11-20-14(17-12)15(16-7-10-19-2)6-9-18-8-4-3-5-13(15)18/h11,13,16H,3-10H2,1-2H3. The van der Waals surface area contributed by atoms with Crippen LogP contribution in [0.2, 0.25) is 0 Å². The summed E-state index contributed by atoms with van der Waals surface area (Å²) in [6.07, 6.45) is 5.16. The van der Waals surface area contributed by atoms with Crippen molar-refractivity contribution in [2.24, 2.45) is 0 Å². The molecule has 2 unspecified atom stereocenters. The minimum absolute atomic E-state index is 0.0534. The Morgan fingerprint density at radius 1 is 1.50 bits per heavy atom. The van der Waals surface area contributed by atoms with Gasteiger partial charge in [0.05, 0.1) is 12.1 Å². The van der Waals surface area contributed by atoms with Crippen molar-refractivity contribution < 1.29 is 4.74 Å². The van der Waals surface area contributed by atoms with E-state index in [4.69, 9.17) is 9.72 Å². The quantitative estimate of drug-likeness (QED) is 0.845. The normalized spacial score (nSPS) is 30.6. The number of hydrogen-bond donors (Lipinski definition) is 1. The molecule has 1 aromatic rings. The zero-order valence-electron chi connectivity index (χ0n) is 12.5. The van der Waals surface area contributed by atoms with E-state index in [1.54, 1.807) is 7.11 Å². The van der Waals surface area contributed by atoms with Crippen molar-refractivity contribution in [3.63, 3.8) is 0 Å².